The van der Waals surface area contributed by atoms with Crippen LogP contribution in [0.15, 0.2) is 40.9 Å². The largest absolute Gasteiger partial charge is 0.450 e. The van der Waals surface area contributed by atoms with E-state index >= 15 is 0 Å². The summed E-state index contributed by atoms with van der Waals surface area (Å²) in [4.78, 5) is 21.5. The Balaban J connectivity index is 2.37. The van der Waals surface area contributed by atoms with E-state index in [4.69, 9.17) is 4.74 Å². The normalized spacial score (nSPS) is 10.2. The Morgan fingerprint density at radius 2 is 2.00 bits per heavy atom. The topological polar surface area (TPSA) is 69.4 Å². The monoisotopic (exact) mass is 353 g/mol. The summed E-state index contributed by atoms with van der Waals surface area (Å²) >= 11 is 3.23. The van der Waals surface area contributed by atoms with Gasteiger partial charge < -0.3 is 4.74 Å². The molecule has 0 fully saturated rings. The Hall–Kier alpha value is -2.28. The second kappa shape index (κ2) is 6.01. The van der Waals surface area contributed by atoms with Gasteiger partial charge in [-0.3, -0.25) is 14.9 Å². The molecule has 0 saturated carbocycles. The maximum absolute atomic E-state index is 13.0. The predicted octanol–water partition coefficient (Wildman–Crippen LogP) is 4.49. The third kappa shape index (κ3) is 3.43. The zero-order valence-corrected chi connectivity index (χ0v) is 12.4. The minimum absolute atomic E-state index is 0.0797. The molecule has 0 radical (unpaired) electrons. The number of nitrogens with zero attached hydrogens (tertiary/aromatic N) is 1. The highest BCUT2D eigenvalue weighted by atomic mass is 79.9. The molecule has 0 atom stereocenters. The van der Waals surface area contributed by atoms with Crippen molar-refractivity contribution < 1.29 is 18.8 Å². The molecule has 0 heterocycles. The lowest BCUT2D eigenvalue weighted by Crippen LogP contribution is -1.96. The van der Waals surface area contributed by atoms with Crippen LogP contribution in [0.5, 0.6) is 11.5 Å². The number of hydrogen-bond acceptors (Lipinski definition) is 4. The zero-order chi connectivity index (χ0) is 15.6. The number of Topliss-reactive ketones (excluding diaryl/α,β-unsaturated/α-hetero) is 1. The summed E-state index contributed by atoms with van der Waals surface area (Å²) in [7, 11) is 0. The lowest BCUT2D eigenvalue weighted by atomic mass is 10.1. The van der Waals surface area contributed by atoms with Gasteiger partial charge in [0.2, 0.25) is 5.75 Å². The fourth-order valence-corrected chi connectivity index (χ4v) is 2.33. The highest BCUT2D eigenvalue weighted by Gasteiger charge is 2.17. The molecule has 2 aromatic rings. The fourth-order valence-electron chi connectivity index (χ4n) is 1.69. The van der Waals surface area contributed by atoms with Crippen molar-refractivity contribution in [3.05, 3.63) is 62.4 Å². The summed E-state index contributed by atoms with van der Waals surface area (Å²) < 4.78 is 19.0. The summed E-state index contributed by atoms with van der Waals surface area (Å²) in [5, 5.41) is 10.9. The van der Waals surface area contributed by atoms with Gasteiger partial charge in [0.25, 0.3) is 0 Å². The number of hydrogen-bond donors (Lipinski definition) is 0. The summed E-state index contributed by atoms with van der Waals surface area (Å²) in [6, 6.07) is 7.60. The molecule has 0 spiro atoms. The van der Waals surface area contributed by atoms with Crippen molar-refractivity contribution in [3.8, 4) is 11.5 Å². The van der Waals surface area contributed by atoms with E-state index in [1.54, 1.807) is 0 Å². The summed E-state index contributed by atoms with van der Waals surface area (Å²) in [6.07, 6.45) is 0. The van der Waals surface area contributed by atoms with Gasteiger partial charge in [0.05, 0.1) is 11.0 Å². The van der Waals surface area contributed by atoms with E-state index in [1.165, 1.54) is 31.2 Å². The van der Waals surface area contributed by atoms with Crippen LogP contribution in [0.4, 0.5) is 10.1 Å². The number of ketones is 1. The Bertz CT molecular complexity index is 733. The SMILES string of the molecule is CC(=O)c1ccc(Oc2ccc(F)cc2[N+](=O)[O-])cc1Br. The molecule has 108 valence electrons. The molecule has 0 aliphatic rings. The Labute approximate surface area is 127 Å². The van der Waals surface area contributed by atoms with E-state index in [-0.39, 0.29) is 11.5 Å². The molecular formula is C14H9BrFNO4. The van der Waals surface area contributed by atoms with E-state index < -0.39 is 16.4 Å². The van der Waals surface area contributed by atoms with Crippen molar-refractivity contribution in [1.82, 2.24) is 0 Å². The molecule has 0 aromatic heterocycles. The van der Waals surface area contributed by atoms with E-state index in [1.807, 2.05) is 0 Å². The lowest BCUT2D eigenvalue weighted by Gasteiger charge is -2.08. The molecule has 0 N–H and O–H groups in total. The van der Waals surface area contributed by atoms with Crippen molar-refractivity contribution in [2.45, 2.75) is 6.92 Å². The zero-order valence-electron chi connectivity index (χ0n) is 10.8. The average molecular weight is 354 g/mol. The summed E-state index contributed by atoms with van der Waals surface area (Å²) in [5.74, 6) is -0.631. The number of halogens is 2. The highest BCUT2D eigenvalue weighted by Crippen LogP contribution is 2.33. The van der Waals surface area contributed by atoms with Gasteiger partial charge in [0.15, 0.2) is 5.78 Å². The number of carbonyl (C=O) groups excluding carboxylic acids is 1. The van der Waals surface area contributed by atoms with Crippen molar-refractivity contribution in [3.63, 3.8) is 0 Å². The van der Waals surface area contributed by atoms with Crippen LogP contribution in [0.25, 0.3) is 0 Å². The summed E-state index contributed by atoms with van der Waals surface area (Å²) in [5.41, 5.74) is -0.00211. The number of nitro groups is 1. The second-order valence-corrected chi connectivity index (χ2v) is 5.02. The van der Waals surface area contributed by atoms with Gasteiger partial charge in [0, 0.05) is 10.0 Å². The number of carbonyl (C=O) groups is 1. The number of rotatable bonds is 4. The van der Waals surface area contributed by atoms with E-state index in [2.05, 4.69) is 15.9 Å². The molecule has 0 unspecified atom stereocenters. The van der Waals surface area contributed by atoms with E-state index in [9.17, 15) is 19.3 Å². The van der Waals surface area contributed by atoms with Crippen LogP contribution in [0.3, 0.4) is 0 Å². The second-order valence-electron chi connectivity index (χ2n) is 4.17. The molecule has 0 aliphatic heterocycles. The quantitative estimate of drug-likeness (QED) is 0.461. The maximum Gasteiger partial charge on any atom is 0.314 e. The van der Waals surface area contributed by atoms with Gasteiger partial charge in [-0.05, 0) is 53.2 Å². The Kier molecular flexibility index (Phi) is 4.32. The minimum atomic E-state index is -0.725. The first-order valence-electron chi connectivity index (χ1n) is 5.81. The average Bonchev–Trinajstić information content (AvgIpc) is 2.40. The van der Waals surface area contributed by atoms with Crippen LogP contribution < -0.4 is 4.74 Å². The van der Waals surface area contributed by atoms with Gasteiger partial charge in [-0.2, -0.15) is 0 Å². The van der Waals surface area contributed by atoms with Crippen LogP contribution in [0, 0.1) is 15.9 Å². The molecular weight excluding hydrogens is 345 g/mol. The Morgan fingerprint density at radius 1 is 1.29 bits per heavy atom. The first kappa shape index (κ1) is 15.1. The van der Waals surface area contributed by atoms with Crippen molar-refractivity contribution in [1.29, 1.82) is 0 Å². The van der Waals surface area contributed by atoms with Crippen LogP contribution >= 0.6 is 15.9 Å². The van der Waals surface area contributed by atoms with Crippen molar-refractivity contribution >= 4 is 27.4 Å². The van der Waals surface area contributed by atoms with Crippen LogP contribution in [-0.2, 0) is 0 Å². The van der Waals surface area contributed by atoms with Gasteiger partial charge in [-0.1, -0.05) is 0 Å². The Morgan fingerprint density at radius 3 is 2.57 bits per heavy atom. The van der Waals surface area contributed by atoms with Gasteiger partial charge in [-0.25, -0.2) is 4.39 Å². The minimum Gasteiger partial charge on any atom is -0.450 e. The van der Waals surface area contributed by atoms with Crippen molar-refractivity contribution in [2.75, 3.05) is 0 Å². The van der Waals surface area contributed by atoms with E-state index in [0.717, 1.165) is 12.1 Å². The highest BCUT2D eigenvalue weighted by molar-refractivity contribution is 9.10. The third-order valence-electron chi connectivity index (χ3n) is 2.67. The number of benzene rings is 2. The molecule has 21 heavy (non-hydrogen) atoms. The number of ether oxygens (including phenoxy) is 1. The first-order chi connectivity index (χ1) is 9.88. The standard InChI is InChI=1S/C14H9BrFNO4/c1-8(18)11-4-3-10(7-12(11)15)21-14-5-2-9(16)6-13(14)17(19)20/h2-7H,1H3. The molecule has 7 heteroatoms. The van der Waals surface area contributed by atoms with Gasteiger partial charge in [-0.15, -0.1) is 0 Å². The fraction of sp³-hybridized carbons (Fsp3) is 0.0714. The number of nitro benzene ring substituents is 1. The van der Waals surface area contributed by atoms with Crippen molar-refractivity contribution in [2.24, 2.45) is 0 Å². The predicted molar refractivity (Wildman–Crippen MR) is 77.3 cm³/mol. The molecule has 0 saturated heterocycles. The smallest absolute Gasteiger partial charge is 0.314 e. The molecule has 5 nitrogen and oxygen atoms in total. The molecule has 2 aromatic carbocycles. The van der Waals surface area contributed by atoms with Crippen LogP contribution in [0.2, 0.25) is 0 Å². The molecule has 2 rings (SSSR count). The van der Waals surface area contributed by atoms with Crippen LogP contribution in [-0.4, -0.2) is 10.7 Å². The maximum atomic E-state index is 13.0. The van der Waals surface area contributed by atoms with Gasteiger partial charge >= 0.3 is 5.69 Å². The van der Waals surface area contributed by atoms with Gasteiger partial charge in [0.1, 0.15) is 11.6 Å². The third-order valence-corrected chi connectivity index (χ3v) is 3.32. The lowest BCUT2D eigenvalue weighted by molar-refractivity contribution is -0.385. The van der Waals surface area contributed by atoms with Crippen LogP contribution in [0.1, 0.15) is 17.3 Å². The molecule has 0 amide bonds. The molecule has 0 bridgehead atoms. The van der Waals surface area contributed by atoms with E-state index in [0.29, 0.717) is 15.8 Å². The first-order valence-corrected chi connectivity index (χ1v) is 6.60. The molecule has 0 aliphatic carbocycles. The summed E-state index contributed by atoms with van der Waals surface area (Å²) in [6.45, 7) is 1.42.